The molecule has 0 aliphatic carbocycles. The van der Waals surface area contributed by atoms with Gasteiger partial charge in [0, 0.05) is 6.20 Å². The molecule has 1 nitrogen and oxygen atoms in total. The first-order valence-corrected chi connectivity index (χ1v) is 4.11. The Kier molecular flexibility index (Phi) is 1.59. The van der Waals surface area contributed by atoms with E-state index in [1.165, 1.54) is 0 Å². The number of hydrogen-bond donors (Lipinski definition) is 1. The smallest absolute Gasteiger partial charge is 0.00779 e. The monoisotopic (exact) mass is 131 g/mol. The average molecular weight is 131 g/mol. The van der Waals surface area contributed by atoms with Crippen LogP contribution in [0, 0.1) is 0 Å². The SMILES string of the molecule is S=S1C=CC=CN1. The molecular formula is C4H5NS2. The molecule has 3 heteroatoms. The van der Waals surface area contributed by atoms with E-state index in [-0.39, 0.29) is 9.64 Å². The highest BCUT2D eigenvalue weighted by Crippen LogP contribution is 1.87. The molecule has 38 valence electrons. The zero-order valence-corrected chi connectivity index (χ0v) is 5.26. The summed E-state index contributed by atoms with van der Waals surface area (Å²) in [4.78, 5) is 0. The van der Waals surface area contributed by atoms with Crippen LogP contribution < -0.4 is 4.72 Å². The molecule has 1 unspecified atom stereocenters. The largest absolute Gasteiger partial charge is 0.330 e. The second-order valence-electron chi connectivity index (χ2n) is 1.10. The summed E-state index contributed by atoms with van der Waals surface area (Å²) in [6.45, 7) is 0. The maximum Gasteiger partial charge on any atom is 0.00779 e. The molecule has 0 amide bonds. The summed E-state index contributed by atoms with van der Waals surface area (Å²) < 4.78 is 2.96. The molecule has 0 bridgehead atoms. The lowest BCUT2D eigenvalue weighted by Crippen LogP contribution is -2.06. The fourth-order valence-corrected chi connectivity index (χ4v) is 1.20. The van der Waals surface area contributed by atoms with E-state index >= 15 is 0 Å². The van der Waals surface area contributed by atoms with Gasteiger partial charge in [-0.3, -0.25) is 0 Å². The molecule has 7 heavy (non-hydrogen) atoms. The first-order valence-electron chi connectivity index (χ1n) is 1.90. The molecule has 0 radical (unpaired) electrons. The first kappa shape index (κ1) is 5.00. The quantitative estimate of drug-likeness (QED) is 0.517. The van der Waals surface area contributed by atoms with Crippen molar-refractivity contribution >= 4 is 20.8 Å². The van der Waals surface area contributed by atoms with E-state index in [0.717, 1.165) is 0 Å². The second-order valence-corrected chi connectivity index (χ2v) is 3.28. The van der Waals surface area contributed by atoms with Gasteiger partial charge in [-0.1, -0.05) is 6.08 Å². The Morgan fingerprint density at radius 2 is 2.29 bits per heavy atom. The van der Waals surface area contributed by atoms with Crippen LogP contribution in [-0.2, 0) is 20.8 Å². The lowest BCUT2D eigenvalue weighted by Gasteiger charge is -1.98. The number of hydrogen-bond acceptors (Lipinski definition) is 1. The highest BCUT2D eigenvalue weighted by Gasteiger charge is 1.82. The third-order valence-electron chi connectivity index (χ3n) is 0.594. The summed E-state index contributed by atoms with van der Waals surface area (Å²) in [6, 6.07) is 0. The first-order chi connectivity index (χ1) is 3.39. The van der Waals surface area contributed by atoms with Gasteiger partial charge in [0.2, 0.25) is 0 Å². The van der Waals surface area contributed by atoms with Crippen molar-refractivity contribution in [2.75, 3.05) is 0 Å². The summed E-state index contributed by atoms with van der Waals surface area (Å²) in [7, 11) is -0.124. The minimum Gasteiger partial charge on any atom is -0.330 e. The van der Waals surface area contributed by atoms with Gasteiger partial charge in [0.05, 0.1) is 0 Å². The van der Waals surface area contributed by atoms with Crippen LogP contribution in [0.1, 0.15) is 0 Å². The predicted molar refractivity (Wildman–Crippen MR) is 36.1 cm³/mol. The fraction of sp³-hybridized carbons (Fsp3) is 0. The molecule has 1 heterocycles. The minimum absolute atomic E-state index is 0.124. The Hall–Kier alpha value is -0.150. The molecule has 1 aliphatic heterocycles. The predicted octanol–water partition coefficient (Wildman–Crippen LogP) is 0.612. The van der Waals surface area contributed by atoms with Gasteiger partial charge in [-0.25, -0.2) is 0 Å². The van der Waals surface area contributed by atoms with Crippen LogP contribution in [0.15, 0.2) is 23.8 Å². The van der Waals surface area contributed by atoms with Gasteiger partial charge in [0.15, 0.2) is 0 Å². The van der Waals surface area contributed by atoms with Gasteiger partial charge < -0.3 is 4.72 Å². The zero-order chi connectivity index (χ0) is 5.11. The summed E-state index contributed by atoms with van der Waals surface area (Å²) >= 11 is 4.87. The van der Waals surface area contributed by atoms with Gasteiger partial charge in [0.1, 0.15) is 0 Å². The molecule has 1 atom stereocenters. The second kappa shape index (κ2) is 2.23. The van der Waals surface area contributed by atoms with E-state index in [1.807, 2.05) is 23.8 Å². The lowest BCUT2D eigenvalue weighted by atomic mass is 10.6. The van der Waals surface area contributed by atoms with Crippen LogP contribution >= 0.6 is 0 Å². The summed E-state index contributed by atoms with van der Waals surface area (Å²) in [5.41, 5.74) is 0. The van der Waals surface area contributed by atoms with Gasteiger partial charge in [-0.05, 0) is 32.3 Å². The Balaban J connectivity index is 2.66. The van der Waals surface area contributed by atoms with Crippen molar-refractivity contribution in [2.45, 2.75) is 0 Å². The molecule has 1 rings (SSSR count). The van der Waals surface area contributed by atoms with E-state index in [9.17, 15) is 0 Å². The molecule has 0 fully saturated rings. The normalized spacial score (nSPS) is 27.1. The molecule has 0 saturated heterocycles. The van der Waals surface area contributed by atoms with Crippen LogP contribution in [0.5, 0.6) is 0 Å². The van der Waals surface area contributed by atoms with Crippen LogP contribution in [0.4, 0.5) is 0 Å². The lowest BCUT2D eigenvalue weighted by molar-refractivity contribution is 1.41. The van der Waals surface area contributed by atoms with Crippen molar-refractivity contribution in [1.82, 2.24) is 4.72 Å². The third-order valence-corrected chi connectivity index (χ3v) is 1.99. The summed E-state index contributed by atoms with van der Waals surface area (Å²) in [5, 5.41) is 1.95. The summed E-state index contributed by atoms with van der Waals surface area (Å²) in [5.74, 6) is 0. The van der Waals surface area contributed by atoms with Crippen molar-refractivity contribution in [3.05, 3.63) is 23.8 Å². The van der Waals surface area contributed by atoms with E-state index in [2.05, 4.69) is 4.72 Å². The maximum atomic E-state index is 4.87. The molecular weight excluding hydrogens is 126 g/mol. The average Bonchev–Trinajstić information content (AvgIpc) is 1.69. The fourth-order valence-electron chi connectivity index (χ4n) is 0.318. The molecule has 1 aliphatic rings. The Bertz CT molecular complexity index is 137. The Labute approximate surface area is 49.8 Å². The topological polar surface area (TPSA) is 12.0 Å². The highest BCUT2D eigenvalue weighted by atomic mass is 32.8. The minimum atomic E-state index is -0.124. The molecule has 1 N–H and O–H groups in total. The maximum absolute atomic E-state index is 4.87. The van der Waals surface area contributed by atoms with Crippen LogP contribution in [0.25, 0.3) is 0 Å². The van der Waals surface area contributed by atoms with E-state index in [1.54, 1.807) is 0 Å². The van der Waals surface area contributed by atoms with Gasteiger partial charge >= 0.3 is 0 Å². The van der Waals surface area contributed by atoms with Crippen LogP contribution in [0.2, 0.25) is 0 Å². The van der Waals surface area contributed by atoms with Crippen LogP contribution in [0.3, 0.4) is 0 Å². The highest BCUT2D eigenvalue weighted by molar-refractivity contribution is 8.29. The number of nitrogens with one attached hydrogen (secondary N) is 1. The molecule has 0 aromatic carbocycles. The van der Waals surface area contributed by atoms with E-state index < -0.39 is 0 Å². The van der Waals surface area contributed by atoms with E-state index in [4.69, 9.17) is 11.2 Å². The standard InChI is InChI=1S/C4H5NS2/c6-7-4-2-1-3-5-7/h1-5H. The van der Waals surface area contributed by atoms with Gasteiger partial charge in [0.25, 0.3) is 0 Å². The van der Waals surface area contributed by atoms with Gasteiger partial charge in [-0.2, -0.15) is 0 Å². The molecule has 0 aromatic rings. The van der Waals surface area contributed by atoms with Crippen LogP contribution in [-0.4, -0.2) is 0 Å². The van der Waals surface area contributed by atoms with Crippen molar-refractivity contribution in [2.24, 2.45) is 0 Å². The number of rotatable bonds is 0. The molecule has 0 spiro atoms. The van der Waals surface area contributed by atoms with Crippen molar-refractivity contribution < 1.29 is 0 Å². The number of allylic oxidation sites excluding steroid dienone is 2. The summed E-state index contributed by atoms with van der Waals surface area (Å²) in [6.07, 6.45) is 5.73. The van der Waals surface area contributed by atoms with Crippen molar-refractivity contribution in [1.29, 1.82) is 0 Å². The third kappa shape index (κ3) is 1.41. The van der Waals surface area contributed by atoms with E-state index in [0.29, 0.717) is 0 Å². The molecule has 0 aromatic heterocycles. The van der Waals surface area contributed by atoms with Gasteiger partial charge in [-0.15, -0.1) is 0 Å². The Morgan fingerprint density at radius 3 is 2.57 bits per heavy atom. The van der Waals surface area contributed by atoms with Crippen molar-refractivity contribution in [3.8, 4) is 0 Å². The zero-order valence-electron chi connectivity index (χ0n) is 3.63. The Morgan fingerprint density at radius 1 is 1.43 bits per heavy atom. The van der Waals surface area contributed by atoms with Crippen molar-refractivity contribution in [3.63, 3.8) is 0 Å². The molecule has 0 saturated carbocycles.